The van der Waals surface area contributed by atoms with Gasteiger partial charge in [0.2, 0.25) is 0 Å². The molecule has 0 spiro atoms. The molecular formula is C25H26N10O3. The second-order valence-electron chi connectivity index (χ2n) is 9.36. The number of ether oxygens (including phenoxy) is 1. The third kappa shape index (κ3) is 4.01. The van der Waals surface area contributed by atoms with Crippen LogP contribution in [0.25, 0.3) is 17.3 Å². The Kier molecular flexibility index (Phi) is 5.74. The molecule has 0 radical (unpaired) electrons. The zero-order valence-corrected chi connectivity index (χ0v) is 21.0. The maximum absolute atomic E-state index is 13.7. The molecule has 0 aromatic carbocycles. The van der Waals surface area contributed by atoms with Crippen LogP contribution in [0.15, 0.2) is 42.9 Å². The molecule has 4 aromatic heterocycles. The van der Waals surface area contributed by atoms with Gasteiger partial charge in [-0.1, -0.05) is 6.07 Å². The number of anilines is 2. The van der Waals surface area contributed by atoms with E-state index in [1.807, 2.05) is 31.3 Å². The molecule has 194 valence electrons. The van der Waals surface area contributed by atoms with E-state index in [1.54, 1.807) is 32.7 Å². The Hall–Kier alpha value is -4.81. The van der Waals surface area contributed by atoms with Crippen molar-refractivity contribution in [1.29, 1.82) is 0 Å². The van der Waals surface area contributed by atoms with Crippen LogP contribution >= 0.6 is 0 Å². The minimum atomic E-state index is -0.895. The predicted octanol–water partition coefficient (Wildman–Crippen LogP) is 2.20. The Morgan fingerprint density at radius 2 is 2.08 bits per heavy atom. The smallest absolute Gasteiger partial charge is 0.404 e. The van der Waals surface area contributed by atoms with Gasteiger partial charge in [0.05, 0.1) is 24.0 Å². The summed E-state index contributed by atoms with van der Waals surface area (Å²) < 4.78 is 8.58. The molecule has 6 rings (SSSR count). The van der Waals surface area contributed by atoms with Crippen LogP contribution in [0, 0.1) is 0 Å². The highest BCUT2D eigenvalue weighted by molar-refractivity contribution is 6.10. The van der Waals surface area contributed by atoms with Gasteiger partial charge in [0.1, 0.15) is 36.1 Å². The van der Waals surface area contributed by atoms with Crippen LogP contribution in [-0.4, -0.2) is 59.1 Å². The zero-order chi connectivity index (χ0) is 26.4. The van der Waals surface area contributed by atoms with Crippen LogP contribution in [0.3, 0.4) is 0 Å². The van der Waals surface area contributed by atoms with E-state index in [1.165, 1.54) is 0 Å². The van der Waals surface area contributed by atoms with Crippen molar-refractivity contribution in [3.63, 3.8) is 0 Å². The Labute approximate surface area is 217 Å². The van der Waals surface area contributed by atoms with Gasteiger partial charge in [-0.05, 0) is 38.0 Å². The maximum Gasteiger partial charge on any atom is 0.404 e. The number of aryl methyl sites for hydroxylation is 1. The first-order valence-corrected chi connectivity index (χ1v) is 12.3. The molecule has 1 unspecified atom stereocenters. The number of hydrogen-bond donors (Lipinski definition) is 1. The molecule has 13 nitrogen and oxygen atoms in total. The third-order valence-corrected chi connectivity index (χ3v) is 7.02. The highest BCUT2D eigenvalue weighted by Crippen LogP contribution is 2.34. The van der Waals surface area contributed by atoms with Gasteiger partial charge in [-0.15, -0.1) is 10.2 Å². The second kappa shape index (κ2) is 9.25. The summed E-state index contributed by atoms with van der Waals surface area (Å²) in [5, 5.41) is 12.5. The van der Waals surface area contributed by atoms with Crippen molar-refractivity contribution in [3.05, 3.63) is 59.7 Å². The highest BCUT2D eigenvalue weighted by Gasteiger charge is 2.35. The summed E-state index contributed by atoms with van der Waals surface area (Å²) in [4.78, 5) is 38.4. The monoisotopic (exact) mass is 514 g/mol. The highest BCUT2D eigenvalue weighted by atomic mass is 16.5. The minimum Gasteiger partial charge on any atom is -0.443 e. The predicted molar refractivity (Wildman–Crippen MR) is 137 cm³/mol. The van der Waals surface area contributed by atoms with Crippen LogP contribution in [0.1, 0.15) is 41.4 Å². The number of aromatic nitrogens is 7. The fraction of sp³-hybridized carbons (Fsp3) is 0.320. The number of fused-ring (bicyclic) bond motifs is 1. The van der Waals surface area contributed by atoms with Crippen LogP contribution in [-0.2, 0) is 24.9 Å². The minimum absolute atomic E-state index is 0.115. The molecule has 0 aliphatic carbocycles. The standard InChI is InChI=1S/C25H26N10O3/c1-15-5-4-10-33(15)21-11-16-17(19(30-21)13-38-25(26)37)12-34(24(16)36)20-7-3-6-18(29-20)23-31-27-14-35(23)22-8-9-28-32(22)2/h3,6-9,11,14-15H,4-5,10,12-13H2,1-2H3,(H2,26,37). The van der Waals surface area contributed by atoms with Crippen molar-refractivity contribution < 1.29 is 14.3 Å². The number of hydrogen-bond acceptors (Lipinski definition) is 9. The van der Waals surface area contributed by atoms with Gasteiger partial charge in [-0.2, -0.15) is 5.10 Å². The van der Waals surface area contributed by atoms with Crippen molar-refractivity contribution >= 4 is 23.6 Å². The summed E-state index contributed by atoms with van der Waals surface area (Å²) in [5.41, 5.74) is 7.50. The van der Waals surface area contributed by atoms with Gasteiger partial charge in [-0.3, -0.25) is 18.9 Å². The molecule has 1 atom stereocenters. The lowest BCUT2D eigenvalue weighted by Gasteiger charge is -2.23. The normalized spacial score (nSPS) is 16.8. The van der Waals surface area contributed by atoms with E-state index in [0.29, 0.717) is 46.0 Å². The van der Waals surface area contributed by atoms with Crippen molar-refractivity contribution in [2.24, 2.45) is 12.8 Å². The Bertz CT molecular complexity index is 1540. The van der Waals surface area contributed by atoms with Gasteiger partial charge >= 0.3 is 6.09 Å². The molecule has 0 bridgehead atoms. The van der Waals surface area contributed by atoms with E-state index < -0.39 is 6.09 Å². The molecule has 2 N–H and O–H groups in total. The summed E-state index contributed by atoms with van der Waals surface area (Å²) in [6.45, 7) is 3.10. The van der Waals surface area contributed by atoms with Crippen molar-refractivity contribution in [2.45, 2.75) is 39.0 Å². The number of rotatable bonds is 6. The summed E-state index contributed by atoms with van der Waals surface area (Å²) in [5.74, 6) is 2.24. The molecule has 1 fully saturated rings. The molecule has 2 aliphatic rings. The number of primary amides is 1. The van der Waals surface area contributed by atoms with Crippen LogP contribution in [0.4, 0.5) is 16.4 Å². The second-order valence-corrected chi connectivity index (χ2v) is 9.36. The van der Waals surface area contributed by atoms with Crippen molar-refractivity contribution in [2.75, 3.05) is 16.3 Å². The molecule has 13 heteroatoms. The van der Waals surface area contributed by atoms with E-state index in [9.17, 15) is 9.59 Å². The van der Waals surface area contributed by atoms with E-state index in [0.717, 1.165) is 25.2 Å². The molecule has 4 aromatic rings. The van der Waals surface area contributed by atoms with Gasteiger partial charge in [0.25, 0.3) is 5.91 Å². The van der Waals surface area contributed by atoms with E-state index in [2.05, 4.69) is 27.1 Å². The summed E-state index contributed by atoms with van der Waals surface area (Å²) in [6, 6.07) is 9.38. The lowest BCUT2D eigenvalue weighted by molar-refractivity contribution is 0.0996. The van der Waals surface area contributed by atoms with E-state index in [4.69, 9.17) is 20.4 Å². The maximum atomic E-state index is 13.7. The molecule has 0 saturated carbocycles. The molecule has 2 aliphatic heterocycles. The average Bonchev–Trinajstić information content (AvgIpc) is 3.70. The molecule has 1 saturated heterocycles. The lowest BCUT2D eigenvalue weighted by Crippen LogP contribution is -2.28. The summed E-state index contributed by atoms with van der Waals surface area (Å²) in [7, 11) is 1.83. The van der Waals surface area contributed by atoms with Crippen LogP contribution in [0.2, 0.25) is 0 Å². The Balaban J connectivity index is 1.36. The number of nitrogens with two attached hydrogens (primary N) is 1. The quantitative estimate of drug-likeness (QED) is 0.408. The fourth-order valence-corrected chi connectivity index (χ4v) is 5.10. The first-order chi connectivity index (χ1) is 18.4. The topological polar surface area (TPSA) is 150 Å². The van der Waals surface area contributed by atoms with Gasteiger partial charge in [0.15, 0.2) is 5.82 Å². The SMILES string of the molecule is CC1CCCN1c1cc2c(c(COC(N)=O)n1)CN(c1cccc(-c3nncn3-c3ccnn3C)n1)C2=O. The Morgan fingerprint density at radius 1 is 1.21 bits per heavy atom. The largest absolute Gasteiger partial charge is 0.443 e. The molecule has 38 heavy (non-hydrogen) atoms. The zero-order valence-electron chi connectivity index (χ0n) is 21.0. The van der Waals surface area contributed by atoms with E-state index in [-0.39, 0.29) is 19.1 Å². The summed E-state index contributed by atoms with van der Waals surface area (Å²) in [6.07, 6.45) is 4.48. The lowest BCUT2D eigenvalue weighted by atomic mass is 10.1. The van der Waals surface area contributed by atoms with Crippen molar-refractivity contribution in [1.82, 2.24) is 34.5 Å². The van der Waals surface area contributed by atoms with Crippen molar-refractivity contribution in [3.8, 4) is 17.3 Å². The van der Waals surface area contributed by atoms with Crippen LogP contribution in [0.5, 0.6) is 0 Å². The average molecular weight is 515 g/mol. The van der Waals surface area contributed by atoms with Crippen LogP contribution < -0.4 is 15.5 Å². The number of amides is 2. The molecular weight excluding hydrogens is 488 g/mol. The number of carbonyl (C=O) groups excluding carboxylic acids is 2. The van der Waals surface area contributed by atoms with Gasteiger partial charge < -0.3 is 15.4 Å². The first-order valence-electron chi connectivity index (χ1n) is 12.3. The fourth-order valence-electron chi connectivity index (χ4n) is 5.10. The first kappa shape index (κ1) is 23.6. The van der Waals surface area contributed by atoms with E-state index >= 15 is 0 Å². The number of pyridine rings is 2. The summed E-state index contributed by atoms with van der Waals surface area (Å²) >= 11 is 0. The Morgan fingerprint density at radius 3 is 2.82 bits per heavy atom. The third-order valence-electron chi connectivity index (χ3n) is 7.02. The van der Waals surface area contributed by atoms with Gasteiger partial charge in [0, 0.05) is 31.3 Å². The molecule has 2 amide bonds. The number of nitrogens with zero attached hydrogens (tertiary/aromatic N) is 9. The van der Waals surface area contributed by atoms with Gasteiger partial charge in [-0.25, -0.2) is 14.8 Å². The molecule has 6 heterocycles. The number of carbonyl (C=O) groups is 2.